The number of nitrogens with zero attached hydrogens (tertiary/aromatic N) is 3. The average molecular weight is 308 g/mol. The van der Waals surface area contributed by atoms with Crippen molar-refractivity contribution in [2.24, 2.45) is 0 Å². The Labute approximate surface area is 133 Å². The van der Waals surface area contributed by atoms with Crippen molar-refractivity contribution in [2.75, 3.05) is 7.11 Å². The Morgan fingerprint density at radius 1 is 1.22 bits per heavy atom. The summed E-state index contributed by atoms with van der Waals surface area (Å²) < 4.78 is 5.17. The van der Waals surface area contributed by atoms with Crippen LogP contribution >= 0.6 is 0 Å². The van der Waals surface area contributed by atoms with E-state index >= 15 is 0 Å². The fourth-order valence-electron chi connectivity index (χ4n) is 2.26. The van der Waals surface area contributed by atoms with Crippen molar-refractivity contribution in [1.29, 1.82) is 0 Å². The molecule has 1 amide bonds. The smallest absolute Gasteiger partial charge is 0.253 e. The van der Waals surface area contributed by atoms with Gasteiger partial charge < -0.3 is 10.1 Å². The Morgan fingerprint density at radius 3 is 2.83 bits per heavy atom. The Balaban J connectivity index is 1.81. The van der Waals surface area contributed by atoms with Crippen LogP contribution in [0.2, 0.25) is 0 Å². The molecule has 23 heavy (non-hydrogen) atoms. The number of pyridine rings is 1. The number of methoxy groups -OCH3 is 1. The van der Waals surface area contributed by atoms with E-state index in [0.717, 1.165) is 22.3 Å². The molecule has 0 aliphatic rings. The Morgan fingerprint density at radius 2 is 2.09 bits per heavy atom. The number of benzene rings is 1. The van der Waals surface area contributed by atoms with Gasteiger partial charge in [-0.25, -0.2) is 9.97 Å². The summed E-state index contributed by atoms with van der Waals surface area (Å²) in [6.45, 7) is 1.87. The Kier molecular flexibility index (Phi) is 4.14. The SMILES string of the molecule is COc1ccc2cc(C(=O)NC(C)c3ccncn3)cnc2c1. The number of carbonyl (C=O) groups is 1. The highest BCUT2D eigenvalue weighted by Gasteiger charge is 2.13. The zero-order chi connectivity index (χ0) is 16.2. The lowest BCUT2D eigenvalue weighted by molar-refractivity contribution is 0.0939. The van der Waals surface area contributed by atoms with Crippen LogP contribution in [0.5, 0.6) is 5.75 Å². The van der Waals surface area contributed by atoms with Crippen LogP contribution in [-0.2, 0) is 0 Å². The van der Waals surface area contributed by atoms with Crippen LogP contribution in [0.4, 0.5) is 0 Å². The zero-order valence-corrected chi connectivity index (χ0v) is 12.9. The maximum absolute atomic E-state index is 12.4. The summed E-state index contributed by atoms with van der Waals surface area (Å²) in [5, 5.41) is 3.79. The highest BCUT2D eigenvalue weighted by molar-refractivity contribution is 5.97. The molecule has 0 bridgehead atoms. The highest BCUT2D eigenvalue weighted by atomic mass is 16.5. The number of carbonyl (C=O) groups excluding carboxylic acids is 1. The quantitative estimate of drug-likeness (QED) is 0.801. The number of ether oxygens (including phenoxy) is 1. The molecule has 0 aliphatic carbocycles. The van der Waals surface area contributed by atoms with E-state index in [1.165, 1.54) is 6.33 Å². The normalized spacial score (nSPS) is 11.9. The summed E-state index contributed by atoms with van der Waals surface area (Å²) in [7, 11) is 1.61. The van der Waals surface area contributed by atoms with Crippen LogP contribution in [0, 0.1) is 0 Å². The number of nitrogens with one attached hydrogen (secondary N) is 1. The van der Waals surface area contributed by atoms with Crippen molar-refractivity contribution in [3.63, 3.8) is 0 Å². The van der Waals surface area contributed by atoms with Gasteiger partial charge in [-0.2, -0.15) is 0 Å². The standard InChI is InChI=1S/C17H16N4O2/c1-11(15-5-6-18-10-20-15)21-17(22)13-7-12-3-4-14(23-2)8-16(12)19-9-13/h3-11H,1-2H3,(H,21,22). The predicted molar refractivity (Wildman–Crippen MR) is 86.2 cm³/mol. The fourth-order valence-corrected chi connectivity index (χ4v) is 2.26. The molecule has 116 valence electrons. The lowest BCUT2D eigenvalue weighted by Crippen LogP contribution is -2.27. The molecule has 2 aromatic heterocycles. The van der Waals surface area contributed by atoms with E-state index in [2.05, 4.69) is 20.3 Å². The number of hydrogen-bond acceptors (Lipinski definition) is 5. The molecule has 3 aromatic rings. The van der Waals surface area contributed by atoms with Crippen molar-refractivity contribution in [3.05, 3.63) is 60.3 Å². The maximum atomic E-state index is 12.4. The number of fused-ring (bicyclic) bond motifs is 1. The van der Waals surface area contributed by atoms with E-state index in [9.17, 15) is 4.79 Å². The summed E-state index contributed by atoms with van der Waals surface area (Å²) in [5.74, 6) is 0.543. The summed E-state index contributed by atoms with van der Waals surface area (Å²) in [6.07, 6.45) is 4.67. The van der Waals surface area contributed by atoms with Crippen LogP contribution in [-0.4, -0.2) is 28.0 Å². The van der Waals surface area contributed by atoms with Gasteiger partial charge in [-0.1, -0.05) is 0 Å². The summed E-state index contributed by atoms with van der Waals surface area (Å²) in [6, 6.07) is 8.93. The number of hydrogen-bond donors (Lipinski definition) is 1. The molecule has 6 nitrogen and oxygen atoms in total. The number of rotatable bonds is 4. The van der Waals surface area contributed by atoms with Crippen molar-refractivity contribution in [1.82, 2.24) is 20.3 Å². The molecular weight excluding hydrogens is 292 g/mol. The third kappa shape index (κ3) is 3.26. The molecule has 1 unspecified atom stereocenters. The molecule has 0 saturated heterocycles. The van der Waals surface area contributed by atoms with Crippen molar-refractivity contribution >= 4 is 16.8 Å². The molecule has 0 radical (unpaired) electrons. The molecular formula is C17H16N4O2. The van der Waals surface area contributed by atoms with Gasteiger partial charge in [0, 0.05) is 23.8 Å². The van der Waals surface area contributed by atoms with Crippen molar-refractivity contribution < 1.29 is 9.53 Å². The Bertz CT molecular complexity index is 836. The van der Waals surface area contributed by atoms with Crippen molar-refractivity contribution in [2.45, 2.75) is 13.0 Å². The van der Waals surface area contributed by atoms with Crippen LogP contribution in [0.3, 0.4) is 0 Å². The van der Waals surface area contributed by atoms with E-state index in [4.69, 9.17) is 4.74 Å². The average Bonchev–Trinajstić information content (AvgIpc) is 2.61. The lowest BCUT2D eigenvalue weighted by atomic mass is 10.1. The van der Waals surface area contributed by atoms with Gasteiger partial charge in [-0.05, 0) is 31.2 Å². The van der Waals surface area contributed by atoms with E-state index in [-0.39, 0.29) is 11.9 Å². The van der Waals surface area contributed by atoms with Crippen LogP contribution in [0.1, 0.15) is 29.0 Å². The lowest BCUT2D eigenvalue weighted by Gasteiger charge is -2.13. The third-order valence-electron chi connectivity index (χ3n) is 3.55. The van der Waals surface area contributed by atoms with Gasteiger partial charge in [0.1, 0.15) is 12.1 Å². The molecule has 2 heterocycles. The van der Waals surface area contributed by atoms with E-state index < -0.39 is 0 Å². The molecule has 0 aliphatic heterocycles. The molecule has 1 N–H and O–H groups in total. The summed E-state index contributed by atoms with van der Waals surface area (Å²) in [5.41, 5.74) is 2.04. The van der Waals surface area contributed by atoms with Gasteiger partial charge >= 0.3 is 0 Å². The summed E-state index contributed by atoms with van der Waals surface area (Å²) in [4.78, 5) is 24.7. The third-order valence-corrected chi connectivity index (χ3v) is 3.55. The van der Waals surface area contributed by atoms with E-state index in [0.29, 0.717) is 5.56 Å². The summed E-state index contributed by atoms with van der Waals surface area (Å²) >= 11 is 0. The minimum Gasteiger partial charge on any atom is -0.497 e. The molecule has 6 heteroatoms. The Hall–Kier alpha value is -3.02. The molecule has 3 rings (SSSR count). The molecule has 1 aromatic carbocycles. The molecule has 0 spiro atoms. The first-order chi connectivity index (χ1) is 11.2. The van der Waals surface area contributed by atoms with Gasteiger partial charge in [-0.15, -0.1) is 0 Å². The minimum absolute atomic E-state index is 0.193. The minimum atomic E-state index is -0.211. The van der Waals surface area contributed by atoms with Gasteiger partial charge in [0.15, 0.2) is 0 Å². The highest BCUT2D eigenvalue weighted by Crippen LogP contribution is 2.20. The first kappa shape index (κ1) is 14.9. The maximum Gasteiger partial charge on any atom is 0.253 e. The van der Waals surface area contributed by atoms with Crippen molar-refractivity contribution in [3.8, 4) is 5.75 Å². The molecule has 0 fully saturated rings. The molecule has 0 saturated carbocycles. The van der Waals surface area contributed by atoms with Crippen LogP contribution in [0.15, 0.2) is 49.1 Å². The molecule has 1 atom stereocenters. The second-order valence-electron chi connectivity index (χ2n) is 5.11. The first-order valence-electron chi connectivity index (χ1n) is 7.18. The van der Waals surface area contributed by atoms with Crippen LogP contribution < -0.4 is 10.1 Å². The van der Waals surface area contributed by atoms with E-state index in [1.54, 1.807) is 25.6 Å². The van der Waals surface area contributed by atoms with Crippen LogP contribution in [0.25, 0.3) is 10.9 Å². The van der Waals surface area contributed by atoms with Gasteiger partial charge in [-0.3, -0.25) is 9.78 Å². The second-order valence-corrected chi connectivity index (χ2v) is 5.11. The number of aromatic nitrogens is 3. The fraction of sp³-hybridized carbons (Fsp3) is 0.176. The van der Waals surface area contributed by atoms with E-state index in [1.807, 2.05) is 31.2 Å². The zero-order valence-electron chi connectivity index (χ0n) is 12.9. The van der Waals surface area contributed by atoms with Gasteiger partial charge in [0.25, 0.3) is 5.91 Å². The largest absolute Gasteiger partial charge is 0.497 e. The predicted octanol–water partition coefficient (Wildman–Crippen LogP) is 2.52. The number of amides is 1. The van der Waals surface area contributed by atoms with Gasteiger partial charge in [0.05, 0.1) is 29.9 Å². The monoisotopic (exact) mass is 308 g/mol. The second kappa shape index (κ2) is 6.39. The first-order valence-corrected chi connectivity index (χ1v) is 7.18. The topological polar surface area (TPSA) is 77.0 Å². The van der Waals surface area contributed by atoms with Gasteiger partial charge in [0.2, 0.25) is 0 Å².